The van der Waals surface area contributed by atoms with Crippen LogP contribution in [0.25, 0.3) is 5.70 Å². The van der Waals surface area contributed by atoms with E-state index in [1.165, 1.54) is 19.3 Å². The van der Waals surface area contributed by atoms with Crippen molar-refractivity contribution < 1.29 is 14.3 Å². The van der Waals surface area contributed by atoms with Crippen molar-refractivity contribution in [3.05, 3.63) is 71.3 Å². The minimum Gasteiger partial charge on any atom is -0.489 e. The summed E-state index contributed by atoms with van der Waals surface area (Å²) in [4.78, 5) is 22.4. The first-order valence-corrected chi connectivity index (χ1v) is 12.1. The van der Waals surface area contributed by atoms with E-state index >= 15 is 0 Å². The first-order valence-electron chi connectivity index (χ1n) is 12.1. The first kappa shape index (κ1) is 26.8. The van der Waals surface area contributed by atoms with Gasteiger partial charge in [-0.15, -0.1) is 0 Å². The van der Waals surface area contributed by atoms with E-state index in [1.54, 1.807) is 11.2 Å². The monoisotopic (exact) mass is 463 g/mol. The van der Waals surface area contributed by atoms with Crippen LogP contribution < -0.4 is 10.1 Å². The Morgan fingerprint density at radius 2 is 1.79 bits per heavy atom. The van der Waals surface area contributed by atoms with E-state index in [-0.39, 0.29) is 6.42 Å². The maximum Gasteiger partial charge on any atom is 0.148 e. The predicted octanol–water partition coefficient (Wildman–Crippen LogP) is 5.45. The van der Waals surface area contributed by atoms with Crippen LogP contribution in [-0.2, 0) is 16.2 Å². The fourth-order valence-corrected chi connectivity index (χ4v) is 3.54. The van der Waals surface area contributed by atoms with E-state index < -0.39 is 0 Å². The minimum absolute atomic E-state index is 0.277. The highest BCUT2D eigenvalue weighted by atomic mass is 16.5. The van der Waals surface area contributed by atoms with Gasteiger partial charge in [0.1, 0.15) is 31.6 Å². The average Bonchev–Trinajstić information content (AvgIpc) is 2.86. The molecule has 0 aromatic heterocycles. The van der Waals surface area contributed by atoms with Gasteiger partial charge in [0.25, 0.3) is 0 Å². The Bertz CT molecular complexity index is 920. The summed E-state index contributed by atoms with van der Waals surface area (Å²) < 4.78 is 5.90. The molecule has 6 nitrogen and oxygen atoms in total. The highest BCUT2D eigenvalue weighted by Crippen LogP contribution is 2.33. The van der Waals surface area contributed by atoms with Crippen LogP contribution in [0.1, 0.15) is 57.1 Å². The maximum atomic E-state index is 12.0. The topological polar surface area (TPSA) is 71.0 Å². The van der Waals surface area contributed by atoms with Gasteiger partial charge in [-0.1, -0.05) is 63.4 Å². The van der Waals surface area contributed by atoms with Crippen molar-refractivity contribution in [1.82, 2.24) is 10.3 Å². The van der Waals surface area contributed by atoms with Crippen LogP contribution >= 0.6 is 0 Å². The number of nitrogens with one attached hydrogen (secondary N) is 1. The molecule has 1 fully saturated rings. The smallest absolute Gasteiger partial charge is 0.148 e. The van der Waals surface area contributed by atoms with Gasteiger partial charge in [-0.25, -0.2) is 0 Å². The Morgan fingerprint density at radius 3 is 2.38 bits per heavy atom. The molecule has 2 aromatic carbocycles. The zero-order valence-electron chi connectivity index (χ0n) is 20.6. The second-order valence-electron chi connectivity index (χ2n) is 8.01. The van der Waals surface area contributed by atoms with Crippen LogP contribution in [0.5, 0.6) is 5.75 Å². The lowest BCUT2D eigenvalue weighted by Crippen LogP contribution is -2.28. The molecule has 0 amide bonds. The van der Waals surface area contributed by atoms with Crippen molar-refractivity contribution in [2.45, 2.75) is 52.6 Å². The number of benzene rings is 2. The Hall–Kier alpha value is -3.41. The number of carbonyl (C=O) groups is 2. The number of nitrogens with zero attached hydrogens (tertiary/aromatic N) is 2. The molecule has 1 aliphatic rings. The third-order valence-corrected chi connectivity index (χ3v) is 5.55. The molecule has 0 saturated heterocycles. The molecule has 0 radical (unpaired) electrons. The molecule has 0 atom stereocenters. The van der Waals surface area contributed by atoms with Gasteiger partial charge in [-0.05, 0) is 47.7 Å². The summed E-state index contributed by atoms with van der Waals surface area (Å²) in [5.41, 5.74) is 3.64. The fraction of sp³-hybridized carbons (Fsp3) is 0.393. The van der Waals surface area contributed by atoms with Gasteiger partial charge in [0, 0.05) is 31.0 Å². The van der Waals surface area contributed by atoms with Gasteiger partial charge in [-0.3, -0.25) is 9.80 Å². The number of allylic oxidation sites excluding steroid dienone is 1. The SMILES string of the molecule is CC.CN(CN/C(=C(\C=O)CC1CCC1)c1ccc(OCc2ccccc2)cc1)/N=C\CC=O. The van der Waals surface area contributed by atoms with Crippen LogP contribution in [0.4, 0.5) is 0 Å². The van der Waals surface area contributed by atoms with Gasteiger partial charge < -0.3 is 14.8 Å². The lowest BCUT2D eigenvalue weighted by molar-refractivity contribution is -0.107. The van der Waals surface area contributed by atoms with E-state index in [2.05, 4.69) is 10.4 Å². The van der Waals surface area contributed by atoms with Crippen LogP contribution in [-0.4, -0.2) is 37.5 Å². The van der Waals surface area contributed by atoms with Gasteiger partial charge in [0.2, 0.25) is 0 Å². The number of hydrogen-bond donors (Lipinski definition) is 1. The summed E-state index contributed by atoms with van der Waals surface area (Å²) in [6.07, 6.45) is 7.97. The van der Waals surface area contributed by atoms with Crippen molar-refractivity contribution in [2.24, 2.45) is 11.0 Å². The Labute approximate surface area is 203 Å². The van der Waals surface area contributed by atoms with Crippen LogP contribution in [0.3, 0.4) is 0 Å². The molecule has 0 spiro atoms. The molecule has 0 aliphatic heterocycles. The van der Waals surface area contributed by atoms with E-state index in [1.807, 2.05) is 75.5 Å². The molecular weight excluding hydrogens is 426 g/mol. The molecule has 34 heavy (non-hydrogen) atoms. The van der Waals surface area contributed by atoms with Crippen molar-refractivity contribution in [2.75, 3.05) is 13.7 Å². The zero-order chi connectivity index (χ0) is 24.6. The van der Waals surface area contributed by atoms with Crippen molar-refractivity contribution in [3.63, 3.8) is 0 Å². The average molecular weight is 464 g/mol. The lowest BCUT2D eigenvalue weighted by atomic mass is 9.80. The zero-order valence-corrected chi connectivity index (χ0v) is 20.6. The number of ether oxygens (including phenoxy) is 1. The summed E-state index contributed by atoms with van der Waals surface area (Å²) in [5, 5.41) is 9.28. The molecular formula is C28H37N3O3. The Kier molecular flexibility index (Phi) is 12.2. The van der Waals surface area contributed by atoms with E-state index in [4.69, 9.17) is 4.74 Å². The molecule has 0 unspecified atom stereocenters. The second-order valence-corrected chi connectivity index (χ2v) is 8.01. The number of hydrogen-bond acceptors (Lipinski definition) is 6. The molecule has 3 rings (SSSR count). The minimum atomic E-state index is 0.277. The summed E-state index contributed by atoms with van der Waals surface area (Å²) in [5.74, 6) is 1.35. The highest BCUT2D eigenvalue weighted by Gasteiger charge is 2.21. The molecule has 0 bridgehead atoms. The molecule has 2 aromatic rings. The van der Waals surface area contributed by atoms with Gasteiger partial charge in [-0.2, -0.15) is 5.10 Å². The molecule has 182 valence electrons. The largest absolute Gasteiger partial charge is 0.489 e. The predicted molar refractivity (Wildman–Crippen MR) is 138 cm³/mol. The van der Waals surface area contributed by atoms with Crippen LogP contribution in [0, 0.1) is 5.92 Å². The van der Waals surface area contributed by atoms with Crippen LogP contribution in [0.15, 0.2) is 65.3 Å². The van der Waals surface area contributed by atoms with Crippen molar-refractivity contribution >= 4 is 24.5 Å². The van der Waals surface area contributed by atoms with E-state index in [9.17, 15) is 9.59 Å². The normalized spacial score (nSPS) is 13.7. The maximum absolute atomic E-state index is 12.0. The quantitative estimate of drug-likeness (QED) is 0.141. The molecule has 1 aliphatic carbocycles. The summed E-state index contributed by atoms with van der Waals surface area (Å²) >= 11 is 0. The summed E-state index contributed by atoms with van der Waals surface area (Å²) in [6, 6.07) is 17.8. The standard InChI is InChI=1S/C26H31N3O3.C2H6/c1-29(28-15-6-16-30)20-27-26(24(18-31)17-21-9-5-10-21)23-11-13-25(14-12-23)32-19-22-7-3-2-4-8-22;1-2/h2-4,7-8,11-16,18,21,27H,5-6,9-10,17,19-20H2,1H3;1-2H3/b26-24-,28-15-;. The number of aldehydes is 2. The summed E-state index contributed by atoms with van der Waals surface area (Å²) in [6.45, 7) is 4.92. The fourth-order valence-electron chi connectivity index (χ4n) is 3.54. The van der Waals surface area contributed by atoms with Gasteiger partial charge in [0.15, 0.2) is 0 Å². The van der Waals surface area contributed by atoms with Crippen molar-refractivity contribution in [1.29, 1.82) is 0 Å². The third kappa shape index (κ3) is 8.85. The van der Waals surface area contributed by atoms with E-state index in [0.29, 0.717) is 19.2 Å². The second kappa shape index (κ2) is 15.4. The van der Waals surface area contributed by atoms with E-state index in [0.717, 1.165) is 47.1 Å². The van der Waals surface area contributed by atoms with Crippen LogP contribution in [0.2, 0.25) is 0 Å². The highest BCUT2D eigenvalue weighted by molar-refractivity contribution is 5.87. The molecule has 1 saturated carbocycles. The molecule has 6 heteroatoms. The molecule has 0 heterocycles. The third-order valence-electron chi connectivity index (χ3n) is 5.55. The Morgan fingerprint density at radius 1 is 1.09 bits per heavy atom. The van der Waals surface area contributed by atoms with Gasteiger partial charge >= 0.3 is 0 Å². The van der Waals surface area contributed by atoms with Gasteiger partial charge in [0.05, 0.1) is 0 Å². The number of carbonyl (C=O) groups excluding carboxylic acids is 2. The Balaban J connectivity index is 0.00000199. The van der Waals surface area contributed by atoms with Crippen molar-refractivity contribution in [3.8, 4) is 5.75 Å². The molecule has 1 N–H and O–H groups in total. The lowest BCUT2D eigenvalue weighted by Gasteiger charge is -2.27. The first-order chi connectivity index (χ1) is 16.7. The number of rotatable bonds is 13. The summed E-state index contributed by atoms with van der Waals surface area (Å²) in [7, 11) is 1.82. The number of hydrazone groups is 1.